The molecule has 0 fully saturated rings. The Balaban J connectivity index is 1.57. The minimum atomic E-state index is -0.187. The first-order chi connectivity index (χ1) is 14.1. The van der Waals surface area contributed by atoms with Gasteiger partial charge in [-0.15, -0.1) is 16.4 Å². The molecular formula is C19H22N6O2S2. The molecule has 0 aliphatic heterocycles. The van der Waals surface area contributed by atoms with E-state index >= 15 is 0 Å². The van der Waals surface area contributed by atoms with Crippen molar-refractivity contribution in [2.75, 3.05) is 24.2 Å². The number of carbonyl (C=O) groups is 2. The second-order valence-electron chi connectivity index (χ2n) is 6.09. The summed E-state index contributed by atoms with van der Waals surface area (Å²) in [5.74, 6) is -0.0692. The number of thioether (sulfide) groups is 1. The van der Waals surface area contributed by atoms with Crippen LogP contribution in [-0.2, 0) is 11.3 Å². The summed E-state index contributed by atoms with van der Waals surface area (Å²) < 4.78 is 1.67. The molecule has 0 spiro atoms. The van der Waals surface area contributed by atoms with Crippen LogP contribution >= 0.6 is 23.1 Å². The van der Waals surface area contributed by atoms with Crippen LogP contribution < -0.4 is 5.32 Å². The molecule has 3 aromatic rings. The molecule has 1 N–H and O–H groups in total. The first-order valence-electron chi connectivity index (χ1n) is 9.21. The molecule has 2 aromatic heterocycles. The van der Waals surface area contributed by atoms with E-state index in [4.69, 9.17) is 0 Å². The Morgan fingerprint density at radius 3 is 2.76 bits per heavy atom. The fraction of sp³-hybridized carbons (Fsp3) is 0.316. The van der Waals surface area contributed by atoms with Gasteiger partial charge < -0.3 is 10.2 Å². The number of anilines is 1. The van der Waals surface area contributed by atoms with E-state index in [9.17, 15) is 9.59 Å². The van der Waals surface area contributed by atoms with Crippen LogP contribution in [0.2, 0.25) is 0 Å². The van der Waals surface area contributed by atoms with Crippen molar-refractivity contribution >= 4 is 40.6 Å². The predicted octanol–water partition coefficient (Wildman–Crippen LogP) is 3.00. The number of nitrogens with zero attached hydrogens (tertiary/aromatic N) is 5. The number of hydrogen-bond acceptors (Lipinski definition) is 7. The summed E-state index contributed by atoms with van der Waals surface area (Å²) in [4.78, 5) is 27.7. The van der Waals surface area contributed by atoms with Crippen LogP contribution in [0, 0.1) is 0 Å². The van der Waals surface area contributed by atoms with E-state index in [1.165, 1.54) is 11.8 Å². The number of tetrazole rings is 1. The topological polar surface area (TPSA) is 93.0 Å². The maximum absolute atomic E-state index is 12.5. The first kappa shape index (κ1) is 21.0. The molecule has 2 heterocycles. The van der Waals surface area contributed by atoms with Crippen molar-refractivity contribution in [3.63, 3.8) is 0 Å². The molecule has 29 heavy (non-hydrogen) atoms. The highest BCUT2D eigenvalue weighted by Gasteiger charge is 2.14. The molecule has 0 unspecified atom stereocenters. The Morgan fingerprint density at radius 2 is 2.03 bits per heavy atom. The second-order valence-corrected chi connectivity index (χ2v) is 8.07. The summed E-state index contributed by atoms with van der Waals surface area (Å²) in [6.07, 6.45) is 0. The highest BCUT2D eigenvalue weighted by atomic mass is 32.2. The van der Waals surface area contributed by atoms with E-state index in [1.807, 2.05) is 31.4 Å². The second kappa shape index (κ2) is 10.2. The van der Waals surface area contributed by atoms with E-state index in [1.54, 1.807) is 45.2 Å². The maximum atomic E-state index is 12.5. The molecule has 0 aliphatic carbocycles. The van der Waals surface area contributed by atoms with Crippen molar-refractivity contribution < 1.29 is 9.59 Å². The molecule has 1 aromatic carbocycles. The number of nitrogens with one attached hydrogen (secondary N) is 1. The molecule has 2 amide bonds. The minimum absolute atomic E-state index is 0.0479. The molecule has 10 heteroatoms. The Bertz CT molecular complexity index is 953. The number of rotatable bonds is 9. The number of aromatic nitrogens is 4. The first-order valence-corrected chi connectivity index (χ1v) is 11.1. The summed E-state index contributed by atoms with van der Waals surface area (Å²) in [7, 11) is 0. The number of benzene rings is 1. The van der Waals surface area contributed by atoms with Gasteiger partial charge >= 0.3 is 0 Å². The van der Waals surface area contributed by atoms with Gasteiger partial charge in [-0.25, -0.2) is 4.68 Å². The Hall–Kier alpha value is -2.72. The number of carbonyl (C=O) groups excluding carboxylic acids is 2. The van der Waals surface area contributed by atoms with Crippen molar-refractivity contribution in [2.24, 2.45) is 0 Å². The van der Waals surface area contributed by atoms with Crippen LogP contribution in [0.3, 0.4) is 0 Å². The average molecular weight is 431 g/mol. The van der Waals surface area contributed by atoms with Crippen molar-refractivity contribution in [2.45, 2.75) is 25.5 Å². The van der Waals surface area contributed by atoms with Gasteiger partial charge in [-0.1, -0.05) is 23.9 Å². The normalized spacial score (nSPS) is 10.7. The zero-order valence-electron chi connectivity index (χ0n) is 16.2. The van der Waals surface area contributed by atoms with Gasteiger partial charge in [-0.05, 0) is 53.9 Å². The van der Waals surface area contributed by atoms with Gasteiger partial charge in [0.2, 0.25) is 11.1 Å². The largest absolute Gasteiger partial charge is 0.339 e. The fourth-order valence-electron chi connectivity index (χ4n) is 2.70. The summed E-state index contributed by atoms with van der Waals surface area (Å²) in [6, 6.07) is 11.0. The smallest absolute Gasteiger partial charge is 0.253 e. The standard InChI is InChI=1S/C19H22N6O2S2/c1-3-24(4-2)18(27)14-7-5-8-15(11-14)20-17(26)13-29-19-21-22-23-25(19)12-16-9-6-10-28-16/h5-11H,3-4,12-13H2,1-2H3,(H,20,26). The van der Waals surface area contributed by atoms with Crippen LogP contribution in [0.1, 0.15) is 29.1 Å². The number of amides is 2. The van der Waals surface area contributed by atoms with Gasteiger partial charge in [0.1, 0.15) is 0 Å². The molecule has 3 rings (SSSR count). The molecule has 152 valence electrons. The molecule has 0 radical (unpaired) electrons. The van der Waals surface area contributed by atoms with E-state index in [0.29, 0.717) is 36.0 Å². The molecule has 8 nitrogen and oxygen atoms in total. The van der Waals surface area contributed by atoms with E-state index in [0.717, 1.165) is 4.88 Å². The number of thiophene rings is 1. The van der Waals surface area contributed by atoms with Gasteiger partial charge in [0, 0.05) is 29.2 Å². The van der Waals surface area contributed by atoms with E-state index < -0.39 is 0 Å². The van der Waals surface area contributed by atoms with Gasteiger partial charge in [-0.3, -0.25) is 9.59 Å². The Kier molecular flexibility index (Phi) is 7.36. The van der Waals surface area contributed by atoms with Crippen LogP contribution in [0.25, 0.3) is 0 Å². The molecule has 0 aliphatic rings. The van der Waals surface area contributed by atoms with Gasteiger partial charge in [-0.2, -0.15) is 0 Å². The lowest BCUT2D eigenvalue weighted by molar-refractivity contribution is -0.113. The highest BCUT2D eigenvalue weighted by molar-refractivity contribution is 7.99. The Morgan fingerprint density at radius 1 is 1.21 bits per heavy atom. The average Bonchev–Trinajstić information content (AvgIpc) is 3.40. The lowest BCUT2D eigenvalue weighted by Crippen LogP contribution is -2.30. The molecule has 0 atom stereocenters. The quantitative estimate of drug-likeness (QED) is 0.525. The van der Waals surface area contributed by atoms with Crippen molar-refractivity contribution in [3.8, 4) is 0 Å². The summed E-state index contributed by atoms with van der Waals surface area (Å²) in [6.45, 7) is 5.74. The third-order valence-corrected chi connectivity index (χ3v) is 5.98. The maximum Gasteiger partial charge on any atom is 0.253 e. The summed E-state index contributed by atoms with van der Waals surface area (Å²) in [5.41, 5.74) is 1.14. The van der Waals surface area contributed by atoms with Crippen molar-refractivity contribution in [1.29, 1.82) is 0 Å². The van der Waals surface area contributed by atoms with Crippen LogP contribution in [-0.4, -0.2) is 55.8 Å². The minimum Gasteiger partial charge on any atom is -0.339 e. The monoisotopic (exact) mass is 430 g/mol. The summed E-state index contributed by atoms with van der Waals surface area (Å²) >= 11 is 2.90. The zero-order valence-corrected chi connectivity index (χ0v) is 17.9. The number of hydrogen-bond donors (Lipinski definition) is 1. The van der Waals surface area contributed by atoms with Crippen molar-refractivity contribution in [1.82, 2.24) is 25.1 Å². The Labute approximate surface area is 177 Å². The van der Waals surface area contributed by atoms with Crippen LogP contribution in [0.4, 0.5) is 5.69 Å². The highest BCUT2D eigenvalue weighted by Crippen LogP contribution is 2.18. The molecular weight excluding hydrogens is 408 g/mol. The molecule has 0 bridgehead atoms. The van der Waals surface area contributed by atoms with Crippen molar-refractivity contribution in [3.05, 3.63) is 52.2 Å². The third-order valence-electron chi connectivity index (χ3n) is 4.16. The SMILES string of the molecule is CCN(CC)C(=O)c1cccc(NC(=O)CSc2nnnn2Cc2cccs2)c1. The predicted molar refractivity (Wildman–Crippen MR) is 114 cm³/mol. The molecule has 0 saturated carbocycles. The lowest BCUT2D eigenvalue weighted by atomic mass is 10.1. The van der Waals surface area contributed by atoms with Gasteiger partial charge in [0.05, 0.1) is 12.3 Å². The van der Waals surface area contributed by atoms with Crippen LogP contribution in [0.5, 0.6) is 0 Å². The molecule has 0 saturated heterocycles. The zero-order chi connectivity index (χ0) is 20.6. The van der Waals surface area contributed by atoms with E-state index in [-0.39, 0.29) is 17.6 Å². The van der Waals surface area contributed by atoms with E-state index in [2.05, 4.69) is 20.8 Å². The van der Waals surface area contributed by atoms with Crippen LogP contribution in [0.15, 0.2) is 46.9 Å². The summed E-state index contributed by atoms with van der Waals surface area (Å²) in [5, 5.41) is 17.1. The third kappa shape index (κ3) is 5.64. The fourth-order valence-corrected chi connectivity index (χ4v) is 4.06. The van der Waals surface area contributed by atoms with Gasteiger partial charge in [0.25, 0.3) is 5.91 Å². The lowest BCUT2D eigenvalue weighted by Gasteiger charge is -2.19. The van der Waals surface area contributed by atoms with Gasteiger partial charge in [0.15, 0.2) is 0 Å².